The van der Waals surface area contributed by atoms with Crippen molar-refractivity contribution in [1.82, 2.24) is 9.80 Å². The Labute approximate surface area is 210 Å². The molecule has 2 aromatic carbocycles. The maximum atomic E-state index is 10.4. The zero-order valence-electron chi connectivity index (χ0n) is 16.8. The Balaban J connectivity index is 0.00000280. The Hall–Kier alpha value is -0.574. The molecule has 1 aliphatic heterocycles. The zero-order valence-corrected chi connectivity index (χ0v) is 20.0. The van der Waals surface area contributed by atoms with E-state index in [-0.39, 0.29) is 64.0 Å². The molecule has 3 rings (SSSR count). The number of aryl methyl sites for hydroxylation is 1. The van der Waals surface area contributed by atoms with Crippen molar-refractivity contribution in [2.45, 2.75) is 13.0 Å². The zero-order chi connectivity index (χ0) is 19.1. The molecule has 1 aliphatic rings. The van der Waals surface area contributed by atoms with E-state index in [1.165, 1.54) is 16.7 Å². The third-order valence-electron chi connectivity index (χ3n) is 5.05. The SMILES string of the molecule is Cc1ccc(C(c2ccccc2)N2CCN(CCOCC(=O)[O-])CC2)cc1.[K+]. The van der Waals surface area contributed by atoms with Gasteiger partial charge in [0.1, 0.15) is 0 Å². The van der Waals surface area contributed by atoms with Crippen LogP contribution in [0.1, 0.15) is 22.7 Å². The van der Waals surface area contributed by atoms with Crippen LogP contribution in [0, 0.1) is 6.92 Å². The number of hydrogen-bond donors (Lipinski definition) is 0. The number of rotatable bonds is 8. The molecule has 1 fully saturated rings. The van der Waals surface area contributed by atoms with Gasteiger partial charge in [0.25, 0.3) is 0 Å². The second-order valence-electron chi connectivity index (χ2n) is 7.03. The molecule has 1 unspecified atom stereocenters. The molecular weight excluding hydrogens is 379 g/mol. The summed E-state index contributed by atoms with van der Waals surface area (Å²) < 4.78 is 5.10. The van der Waals surface area contributed by atoms with Crippen molar-refractivity contribution in [2.75, 3.05) is 45.9 Å². The van der Waals surface area contributed by atoms with E-state index in [9.17, 15) is 9.90 Å². The van der Waals surface area contributed by atoms with Gasteiger partial charge in [-0.15, -0.1) is 0 Å². The molecule has 0 radical (unpaired) electrons. The van der Waals surface area contributed by atoms with Gasteiger partial charge in [0, 0.05) is 32.7 Å². The molecule has 0 saturated carbocycles. The molecule has 1 heterocycles. The van der Waals surface area contributed by atoms with Gasteiger partial charge in [-0.25, -0.2) is 0 Å². The normalized spacial score (nSPS) is 16.3. The van der Waals surface area contributed by atoms with Gasteiger partial charge in [0.05, 0.1) is 25.2 Å². The molecule has 1 atom stereocenters. The number of benzene rings is 2. The van der Waals surface area contributed by atoms with Gasteiger partial charge in [-0.1, -0.05) is 60.2 Å². The summed E-state index contributed by atoms with van der Waals surface area (Å²) in [4.78, 5) is 15.3. The molecule has 0 aliphatic carbocycles. The fourth-order valence-corrected chi connectivity index (χ4v) is 3.59. The summed E-state index contributed by atoms with van der Waals surface area (Å²) in [5.74, 6) is -1.16. The number of hydrogen-bond acceptors (Lipinski definition) is 5. The van der Waals surface area contributed by atoms with E-state index in [1.54, 1.807) is 0 Å². The molecule has 0 aromatic heterocycles. The fraction of sp³-hybridized carbons (Fsp3) is 0.409. The van der Waals surface area contributed by atoms with Crippen molar-refractivity contribution in [3.63, 3.8) is 0 Å². The number of nitrogens with zero attached hydrogens (tertiary/aromatic N) is 2. The van der Waals surface area contributed by atoms with Crippen LogP contribution in [-0.2, 0) is 9.53 Å². The molecular formula is C22H27KN2O3. The van der Waals surface area contributed by atoms with Crippen molar-refractivity contribution in [3.8, 4) is 0 Å². The van der Waals surface area contributed by atoms with Gasteiger partial charge in [-0.05, 0) is 18.1 Å². The first-order valence-electron chi connectivity index (χ1n) is 9.49. The molecule has 0 N–H and O–H groups in total. The largest absolute Gasteiger partial charge is 1.00 e. The van der Waals surface area contributed by atoms with E-state index in [2.05, 4.69) is 71.3 Å². The van der Waals surface area contributed by atoms with E-state index < -0.39 is 5.97 Å². The molecule has 2 aromatic rings. The molecule has 0 bridgehead atoms. The quantitative estimate of drug-likeness (QED) is 0.393. The Bertz CT molecular complexity index is 716. The number of aliphatic carboxylic acids is 1. The predicted octanol–water partition coefficient (Wildman–Crippen LogP) is -1.53. The van der Waals surface area contributed by atoms with Gasteiger partial charge in [0.2, 0.25) is 0 Å². The molecule has 6 heteroatoms. The minimum absolute atomic E-state index is 0. The van der Waals surface area contributed by atoms with Crippen molar-refractivity contribution in [3.05, 3.63) is 71.3 Å². The van der Waals surface area contributed by atoms with Gasteiger partial charge >= 0.3 is 51.4 Å². The number of carboxylic acids is 1. The van der Waals surface area contributed by atoms with Crippen LogP contribution in [0.5, 0.6) is 0 Å². The van der Waals surface area contributed by atoms with E-state index in [0.717, 1.165) is 32.7 Å². The summed E-state index contributed by atoms with van der Waals surface area (Å²) in [6.45, 7) is 6.79. The molecule has 0 amide bonds. The van der Waals surface area contributed by atoms with Crippen LogP contribution in [0.25, 0.3) is 0 Å². The van der Waals surface area contributed by atoms with Gasteiger partial charge < -0.3 is 14.6 Å². The average molecular weight is 407 g/mol. The van der Waals surface area contributed by atoms with E-state index in [1.807, 2.05) is 0 Å². The summed E-state index contributed by atoms with van der Waals surface area (Å²) >= 11 is 0. The maximum Gasteiger partial charge on any atom is 1.00 e. The van der Waals surface area contributed by atoms with Crippen molar-refractivity contribution in [2.24, 2.45) is 0 Å². The number of ether oxygens (including phenoxy) is 1. The number of piperazine rings is 1. The third kappa shape index (κ3) is 7.04. The number of carbonyl (C=O) groups is 1. The summed E-state index contributed by atoms with van der Waals surface area (Å²) in [6, 6.07) is 19.7. The Morgan fingerprint density at radius 1 is 1.00 bits per heavy atom. The summed E-state index contributed by atoms with van der Waals surface area (Å²) in [5, 5.41) is 10.4. The summed E-state index contributed by atoms with van der Waals surface area (Å²) in [5.41, 5.74) is 3.90. The van der Waals surface area contributed by atoms with Crippen LogP contribution in [-0.4, -0.2) is 61.7 Å². The van der Waals surface area contributed by atoms with Crippen LogP contribution >= 0.6 is 0 Å². The van der Waals surface area contributed by atoms with Crippen molar-refractivity contribution in [1.29, 1.82) is 0 Å². The second-order valence-corrected chi connectivity index (χ2v) is 7.03. The van der Waals surface area contributed by atoms with Crippen LogP contribution < -0.4 is 56.5 Å². The number of carboxylic acid groups (broad SMARTS) is 1. The minimum Gasteiger partial charge on any atom is -0.548 e. The van der Waals surface area contributed by atoms with E-state index >= 15 is 0 Å². The molecule has 0 spiro atoms. The molecule has 1 saturated heterocycles. The second kappa shape index (κ2) is 12.2. The van der Waals surface area contributed by atoms with Crippen LogP contribution in [0.4, 0.5) is 0 Å². The number of carbonyl (C=O) groups excluding carboxylic acids is 1. The minimum atomic E-state index is -1.16. The van der Waals surface area contributed by atoms with Crippen LogP contribution in [0.2, 0.25) is 0 Å². The first kappa shape index (κ1) is 23.7. The first-order chi connectivity index (χ1) is 13.1. The standard InChI is InChI=1S/C22H28N2O3.K/c1-18-7-9-20(10-8-18)22(19-5-3-2-4-6-19)24-13-11-23(12-14-24)15-16-27-17-21(25)26;/h2-10,22H,11-17H2,1H3,(H,25,26);/q;+1/p-1. The van der Waals surface area contributed by atoms with Crippen molar-refractivity contribution >= 4 is 5.97 Å². The fourth-order valence-electron chi connectivity index (χ4n) is 3.59. The van der Waals surface area contributed by atoms with Gasteiger partial charge in [-0.2, -0.15) is 0 Å². The smallest absolute Gasteiger partial charge is 0.548 e. The predicted molar refractivity (Wildman–Crippen MR) is 103 cm³/mol. The monoisotopic (exact) mass is 406 g/mol. The molecule has 144 valence electrons. The average Bonchev–Trinajstić information content (AvgIpc) is 2.69. The molecule has 5 nitrogen and oxygen atoms in total. The molecule has 28 heavy (non-hydrogen) atoms. The van der Waals surface area contributed by atoms with E-state index in [0.29, 0.717) is 6.61 Å². The Morgan fingerprint density at radius 3 is 2.21 bits per heavy atom. The summed E-state index contributed by atoms with van der Waals surface area (Å²) in [7, 11) is 0. The Kier molecular flexibility index (Phi) is 10.3. The van der Waals surface area contributed by atoms with Crippen molar-refractivity contribution < 1.29 is 66.0 Å². The van der Waals surface area contributed by atoms with Crippen LogP contribution in [0.3, 0.4) is 0 Å². The Morgan fingerprint density at radius 2 is 1.61 bits per heavy atom. The van der Waals surface area contributed by atoms with Gasteiger partial charge in [-0.3, -0.25) is 9.80 Å². The van der Waals surface area contributed by atoms with Crippen LogP contribution in [0.15, 0.2) is 54.6 Å². The maximum absolute atomic E-state index is 10.4. The first-order valence-corrected chi connectivity index (χ1v) is 9.49. The van der Waals surface area contributed by atoms with Gasteiger partial charge in [0.15, 0.2) is 0 Å². The summed E-state index contributed by atoms with van der Waals surface area (Å²) in [6.07, 6.45) is 0. The van der Waals surface area contributed by atoms with E-state index in [4.69, 9.17) is 4.74 Å². The third-order valence-corrected chi connectivity index (χ3v) is 5.05. The topological polar surface area (TPSA) is 55.8 Å².